The molecule has 0 radical (unpaired) electrons. The van der Waals surface area contributed by atoms with E-state index in [-0.39, 0.29) is 18.2 Å². The van der Waals surface area contributed by atoms with Crippen molar-refractivity contribution in [3.8, 4) is 0 Å². The van der Waals surface area contributed by atoms with Crippen LogP contribution < -0.4 is 5.73 Å². The van der Waals surface area contributed by atoms with Crippen LogP contribution in [-0.2, 0) is 11.3 Å². The Bertz CT molecular complexity index is 369. The first kappa shape index (κ1) is 13.5. The third-order valence-electron chi connectivity index (χ3n) is 3.54. The van der Waals surface area contributed by atoms with Crippen LogP contribution in [0.5, 0.6) is 0 Å². The van der Waals surface area contributed by atoms with Gasteiger partial charge in [0.25, 0.3) is 0 Å². The van der Waals surface area contributed by atoms with Gasteiger partial charge in [-0.1, -0.05) is 0 Å². The summed E-state index contributed by atoms with van der Waals surface area (Å²) in [5.74, 6) is 0. The summed E-state index contributed by atoms with van der Waals surface area (Å²) in [4.78, 5) is 6.66. The molecule has 1 aliphatic rings. The molecule has 0 saturated carbocycles. The van der Waals surface area contributed by atoms with Crippen LogP contribution in [0, 0.1) is 0 Å². The van der Waals surface area contributed by atoms with Crippen molar-refractivity contribution >= 4 is 0 Å². The fraction of sp³-hybridized carbons (Fsp3) is 0.769. The molecule has 18 heavy (non-hydrogen) atoms. The van der Waals surface area contributed by atoms with E-state index in [2.05, 4.69) is 35.2 Å². The summed E-state index contributed by atoms with van der Waals surface area (Å²) in [6.45, 7) is 9.78. The van der Waals surface area contributed by atoms with Gasteiger partial charge in [0.2, 0.25) is 0 Å². The lowest BCUT2D eigenvalue weighted by atomic mass is 10.1. The summed E-state index contributed by atoms with van der Waals surface area (Å²) in [5.41, 5.74) is 7.20. The summed E-state index contributed by atoms with van der Waals surface area (Å²) >= 11 is 0. The number of aryl methyl sites for hydroxylation is 1. The molecule has 0 aromatic carbocycles. The first-order valence-electron chi connectivity index (χ1n) is 6.75. The second-order valence-corrected chi connectivity index (χ2v) is 5.07. The Morgan fingerprint density at radius 3 is 2.67 bits per heavy atom. The van der Waals surface area contributed by atoms with Gasteiger partial charge in [0, 0.05) is 32.4 Å². The van der Waals surface area contributed by atoms with Gasteiger partial charge in [-0.15, -0.1) is 0 Å². The van der Waals surface area contributed by atoms with E-state index < -0.39 is 0 Å². The second-order valence-electron chi connectivity index (χ2n) is 5.07. The summed E-state index contributed by atoms with van der Waals surface area (Å²) < 4.78 is 7.95. The number of nitrogens with zero attached hydrogens (tertiary/aromatic N) is 3. The van der Waals surface area contributed by atoms with Gasteiger partial charge in [0.15, 0.2) is 0 Å². The highest BCUT2D eigenvalue weighted by Gasteiger charge is 2.29. The van der Waals surface area contributed by atoms with Crippen molar-refractivity contribution < 1.29 is 4.74 Å². The molecule has 5 heteroatoms. The maximum atomic E-state index is 5.99. The van der Waals surface area contributed by atoms with Crippen LogP contribution in [0.2, 0.25) is 0 Å². The molecule has 1 aliphatic heterocycles. The minimum atomic E-state index is 0.237. The highest BCUT2D eigenvalue weighted by atomic mass is 16.5. The van der Waals surface area contributed by atoms with E-state index in [1.165, 1.54) is 5.69 Å². The Hall–Kier alpha value is -0.910. The quantitative estimate of drug-likeness (QED) is 0.869. The molecule has 3 unspecified atom stereocenters. The Kier molecular flexibility index (Phi) is 4.37. The zero-order chi connectivity index (χ0) is 13.1. The molecular formula is C13H24N4O. The third-order valence-corrected chi connectivity index (χ3v) is 3.54. The smallest absolute Gasteiger partial charge is 0.0948 e. The summed E-state index contributed by atoms with van der Waals surface area (Å²) in [7, 11) is 0. The molecule has 2 rings (SSSR count). The van der Waals surface area contributed by atoms with Crippen LogP contribution in [0.15, 0.2) is 12.5 Å². The Balaban J connectivity index is 2.17. The molecule has 2 heterocycles. The lowest BCUT2D eigenvalue weighted by Gasteiger charge is -2.39. The summed E-state index contributed by atoms with van der Waals surface area (Å²) in [5, 5.41) is 0. The van der Waals surface area contributed by atoms with E-state index in [4.69, 9.17) is 10.5 Å². The van der Waals surface area contributed by atoms with Gasteiger partial charge >= 0.3 is 0 Å². The van der Waals surface area contributed by atoms with E-state index >= 15 is 0 Å². The normalized spacial score (nSPS) is 27.3. The molecule has 102 valence electrons. The monoisotopic (exact) mass is 252 g/mol. The van der Waals surface area contributed by atoms with Crippen molar-refractivity contribution in [1.82, 2.24) is 14.5 Å². The van der Waals surface area contributed by atoms with Crippen molar-refractivity contribution in [2.45, 2.75) is 45.6 Å². The fourth-order valence-electron chi connectivity index (χ4n) is 2.80. The van der Waals surface area contributed by atoms with Gasteiger partial charge in [-0.25, -0.2) is 4.98 Å². The average Bonchev–Trinajstić information content (AvgIpc) is 2.77. The molecule has 1 aromatic rings. The standard InChI is InChI=1S/C13H24N4O/c1-4-16-9-15-6-13(16)12(5-14)17-7-10(2)18-11(3)8-17/h6,9-12H,4-5,7-8,14H2,1-3H3. The number of rotatable bonds is 4. The lowest BCUT2D eigenvalue weighted by molar-refractivity contribution is -0.0806. The van der Waals surface area contributed by atoms with Crippen LogP contribution in [0.1, 0.15) is 32.5 Å². The topological polar surface area (TPSA) is 56.3 Å². The predicted molar refractivity (Wildman–Crippen MR) is 71.3 cm³/mol. The van der Waals surface area contributed by atoms with Gasteiger partial charge in [0.1, 0.15) is 0 Å². The minimum Gasteiger partial charge on any atom is -0.373 e. The number of aromatic nitrogens is 2. The van der Waals surface area contributed by atoms with Gasteiger partial charge in [-0.2, -0.15) is 0 Å². The zero-order valence-electron chi connectivity index (χ0n) is 11.5. The SMILES string of the molecule is CCn1cncc1C(CN)N1CC(C)OC(C)C1. The maximum Gasteiger partial charge on any atom is 0.0948 e. The van der Waals surface area contributed by atoms with Crippen molar-refractivity contribution in [2.75, 3.05) is 19.6 Å². The zero-order valence-corrected chi connectivity index (χ0v) is 11.5. The first-order valence-corrected chi connectivity index (χ1v) is 6.75. The van der Waals surface area contributed by atoms with Gasteiger partial charge < -0.3 is 15.0 Å². The van der Waals surface area contributed by atoms with Crippen molar-refractivity contribution in [3.63, 3.8) is 0 Å². The molecule has 1 fully saturated rings. The molecule has 0 bridgehead atoms. The van der Waals surface area contributed by atoms with Gasteiger partial charge in [-0.05, 0) is 20.8 Å². The average molecular weight is 252 g/mol. The second kappa shape index (κ2) is 5.82. The van der Waals surface area contributed by atoms with E-state index in [1.807, 2.05) is 12.5 Å². The van der Waals surface area contributed by atoms with Crippen LogP contribution >= 0.6 is 0 Å². The van der Waals surface area contributed by atoms with Crippen molar-refractivity contribution in [3.05, 3.63) is 18.2 Å². The third kappa shape index (κ3) is 2.74. The molecule has 0 amide bonds. The Morgan fingerprint density at radius 2 is 2.11 bits per heavy atom. The number of morpholine rings is 1. The Morgan fingerprint density at radius 1 is 1.44 bits per heavy atom. The summed E-state index contributed by atoms with van der Waals surface area (Å²) in [6.07, 6.45) is 4.35. The molecule has 2 N–H and O–H groups in total. The van der Waals surface area contributed by atoms with E-state index in [0.29, 0.717) is 6.54 Å². The highest BCUT2D eigenvalue weighted by Crippen LogP contribution is 2.23. The number of nitrogens with two attached hydrogens (primary N) is 1. The Labute approximate surface area is 109 Å². The van der Waals surface area contributed by atoms with Crippen molar-refractivity contribution in [1.29, 1.82) is 0 Å². The van der Waals surface area contributed by atoms with Crippen LogP contribution in [0.25, 0.3) is 0 Å². The molecule has 5 nitrogen and oxygen atoms in total. The van der Waals surface area contributed by atoms with Crippen molar-refractivity contribution in [2.24, 2.45) is 5.73 Å². The number of imidazole rings is 1. The van der Waals surface area contributed by atoms with E-state index in [0.717, 1.165) is 19.6 Å². The minimum absolute atomic E-state index is 0.237. The molecular weight excluding hydrogens is 228 g/mol. The van der Waals surface area contributed by atoms with E-state index in [9.17, 15) is 0 Å². The largest absolute Gasteiger partial charge is 0.373 e. The molecule has 0 aliphatic carbocycles. The first-order chi connectivity index (χ1) is 8.65. The van der Waals surface area contributed by atoms with Crippen LogP contribution in [-0.4, -0.2) is 46.3 Å². The molecule has 1 aromatic heterocycles. The lowest BCUT2D eigenvalue weighted by Crippen LogP contribution is -2.48. The highest BCUT2D eigenvalue weighted by molar-refractivity contribution is 5.07. The summed E-state index contributed by atoms with van der Waals surface area (Å²) in [6, 6.07) is 0.237. The van der Waals surface area contributed by atoms with E-state index in [1.54, 1.807) is 0 Å². The number of hydrogen-bond acceptors (Lipinski definition) is 4. The number of hydrogen-bond donors (Lipinski definition) is 1. The van der Waals surface area contributed by atoms with Crippen LogP contribution in [0.3, 0.4) is 0 Å². The predicted octanol–water partition coefficient (Wildman–Crippen LogP) is 1.01. The van der Waals surface area contributed by atoms with Crippen LogP contribution in [0.4, 0.5) is 0 Å². The molecule has 0 spiro atoms. The molecule has 1 saturated heterocycles. The fourth-order valence-corrected chi connectivity index (χ4v) is 2.80. The molecule has 3 atom stereocenters. The number of ether oxygens (including phenoxy) is 1. The maximum absolute atomic E-state index is 5.99. The van der Waals surface area contributed by atoms with Gasteiger partial charge in [0.05, 0.1) is 30.3 Å². The van der Waals surface area contributed by atoms with Gasteiger partial charge in [-0.3, -0.25) is 4.90 Å².